The number of carboxylic acid groups (broad SMARTS) is 1. The van der Waals surface area contributed by atoms with E-state index in [0.717, 1.165) is 11.5 Å². The average Bonchev–Trinajstić information content (AvgIpc) is 2.61. The first-order chi connectivity index (χ1) is 8.49. The molecule has 0 fully saturated rings. The Morgan fingerprint density at radius 2 is 2.11 bits per heavy atom. The maximum atomic E-state index is 11.1. The summed E-state index contributed by atoms with van der Waals surface area (Å²) in [5.41, 5.74) is 0.938. The van der Waals surface area contributed by atoms with E-state index in [1.54, 1.807) is 6.07 Å². The van der Waals surface area contributed by atoms with Crippen molar-refractivity contribution in [2.75, 3.05) is 0 Å². The second-order valence-corrected chi connectivity index (χ2v) is 4.83. The summed E-state index contributed by atoms with van der Waals surface area (Å²) in [5, 5.41) is 17.7. The Bertz CT molecular complexity index is 609. The van der Waals surface area contributed by atoms with Gasteiger partial charge in [-0.15, -0.1) is 10.2 Å². The monoisotopic (exact) mass is 264 g/mol. The van der Waals surface area contributed by atoms with Crippen molar-refractivity contribution in [1.82, 2.24) is 19.7 Å². The lowest BCUT2D eigenvalue weighted by Crippen LogP contribution is -2.02. The number of hydrogen-bond donors (Lipinski definition) is 1. The van der Waals surface area contributed by atoms with Gasteiger partial charge in [0, 0.05) is 23.8 Å². The Kier molecular flexibility index (Phi) is 3.33. The van der Waals surface area contributed by atoms with Crippen molar-refractivity contribution in [3.63, 3.8) is 0 Å². The molecule has 0 amide bonds. The number of carboxylic acids is 1. The van der Waals surface area contributed by atoms with Crippen LogP contribution in [0.2, 0.25) is 0 Å². The molecule has 1 N–H and O–H groups in total. The molecule has 6 nitrogen and oxygen atoms in total. The highest BCUT2D eigenvalue weighted by molar-refractivity contribution is 7.99. The quantitative estimate of drug-likeness (QED) is 0.908. The Hall–Kier alpha value is -1.89. The lowest BCUT2D eigenvalue weighted by Gasteiger charge is -2.06. The highest BCUT2D eigenvalue weighted by Crippen LogP contribution is 2.29. The third-order valence-electron chi connectivity index (χ3n) is 2.49. The zero-order valence-corrected chi connectivity index (χ0v) is 11.0. The fourth-order valence-electron chi connectivity index (χ4n) is 1.35. The first-order valence-electron chi connectivity index (χ1n) is 5.23. The van der Waals surface area contributed by atoms with E-state index < -0.39 is 5.97 Å². The summed E-state index contributed by atoms with van der Waals surface area (Å²) in [4.78, 5) is 15.7. The number of aromatic carboxylic acids is 1. The largest absolute Gasteiger partial charge is 0.478 e. The number of rotatable bonds is 3. The molecule has 7 heteroatoms. The molecule has 94 valence electrons. The standard InChI is InChI=1S/C11H12N4O2S/c1-6-4-9(8(5-12-6)10(16)17)18-11-14-13-7(2)15(11)3/h4-5H,1-3H3,(H,16,17). The second kappa shape index (κ2) is 4.77. The summed E-state index contributed by atoms with van der Waals surface area (Å²) in [6.45, 7) is 3.66. The van der Waals surface area contributed by atoms with E-state index in [2.05, 4.69) is 15.2 Å². The van der Waals surface area contributed by atoms with E-state index in [1.807, 2.05) is 25.5 Å². The van der Waals surface area contributed by atoms with Gasteiger partial charge in [0.2, 0.25) is 0 Å². The molecule has 0 atom stereocenters. The minimum absolute atomic E-state index is 0.172. The molecule has 0 radical (unpaired) electrons. The highest BCUT2D eigenvalue weighted by atomic mass is 32.2. The van der Waals surface area contributed by atoms with Crippen molar-refractivity contribution < 1.29 is 9.90 Å². The van der Waals surface area contributed by atoms with Crippen molar-refractivity contribution in [2.24, 2.45) is 7.05 Å². The van der Waals surface area contributed by atoms with E-state index in [4.69, 9.17) is 5.11 Å². The zero-order chi connectivity index (χ0) is 13.3. The molecule has 2 aromatic rings. The molecule has 0 aliphatic carbocycles. The smallest absolute Gasteiger partial charge is 0.338 e. The van der Waals surface area contributed by atoms with Gasteiger partial charge < -0.3 is 9.67 Å². The van der Waals surface area contributed by atoms with Gasteiger partial charge in [-0.25, -0.2) is 4.79 Å². The first-order valence-corrected chi connectivity index (χ1v) is 6.04. The van der Waals surface area contributed by atoms with Crippen molar-refractivity contribution in [3.8, 4) is 0 Å². The van der Waals surface area contributed by atoms with Gasteiger partial charge in [0.25, 0.3) is 0 Å². The molecule has 0 bridgehead atoms. The van der Waals surface area contributed by atoms with Crippen molar-refractivity contribution in [3.05, 3.63) is 29.3 Å². The molecule has 0 saturated heterocycles. The zero-order valence-electron chi connectivity index (χ0n) is 10.2. The number of pyridine rings is 1. The van der Waals surface area contributed by atoms with Crippen LogP contribution in [0.1, 0.15) is 21.9 Å². The maximum Gasteiger partial charge on any atom is 0.338 e. The van der Waals surface area contributed by atoms with Gasteiger partial charge in [0.1, 0.15) is 5.82 Å². The molecule has 2 heterocycles. The van der Waals surface area contributed by atoms with E-state index in [9.17, 15) is 4.79 Å². The minimum Gasteiger partial charge on any atom is -0.478 e. The number of hydrogen-bond acceptors (Lipinski definition) is 5. The third kappa shape index (κ3) is 2.35. The summed E-state index contributed by atoms with van der Waals surface area (Å²) in [6, 6.07) is 1.73. The van der Waals surface area contributed by atoms with Gasteiger partial charge in [-0.1, -0.05) is 0 Å². The molecule has 2 aromatic heterocycles. The predicted molar refractivity (Wildman–Crippen MR) is 65.8 cm³/mol. The molecule has 0 aliphatic rings. The average molecular weight is 264 g/mol. The van der Waals surface area contributed by atoms with Crippen LogP contribution < -0.4 is 0 Å². The molecule has 0 unspecified atom stereocenters. The van der Waals surface area contributed by atoms with Crippen molar-refractivity contribution in [2.45, 2.75) is 23.9 Å². The predicted octanol–water partition coefficient (Wildman–Crippen LogP) is 1.68. The van der Waals surface area contributed by atoms with Crippen LogP contribution in [0.5, 0.6) is 0 Å². The molecular formula is C11H12N4O2S. The maximum absolute atomic E-state index is 11.1. The van der Waals surface area contributed by atoms with Crippen LogP contribution in [-0.2, 0) is 7.05 Å². The van der Waals surface area contributed by atoms with Crippen LogP contribution in [-0.4, -0.2) is 30.8 Å². The van der Waals surface area contributed by atoms with Gasteiger partial charge in [-0.05, 0) is 31.7 Å². The normalized spacial score (nSPS) is 10.6. The third-order valence-corrected chi connectivity index (χ3v) is 3.58. The van der Waals surface area contributed by atoms with E-state index in [1.165, 1.54) is 18.0 Å². The minimum atomic E-state index is -0.996. The van der Waals surface area contributed by atoms with E-state index >= 15 is 0 Å². The van der Waals surface area contributed by atoms with Crippen LogP contribution in [0.25, 0.3) is 0 Å². The van der Waals surface area contributed by atoms with Crippen LogP contribution in [0, 0.1) is 13.8 Å². The Morgan fingerprint density at radius 3 is 2.67 bits per heavy atom. The van der Waals surface area contributed by atoms with Crippen LogP contribution in [0.4, 0.5) is 0 Å². The molecule has 2 rings (SSSR count). The summed E-state index contributed by atoms with van der Waals surface area (Å²) in [5.74, 6) is -0.218. The summed E-state index contributed by atoms with van der Waals surface area (Å²) in [7, 11) is 1.84. The topological polar surface area (TPSA) is 80.9 Å². The summed E-state index contributed by atoms with van der Waals surface area (Å²) >= 11 is 1.27. The summed E-state index contributed by atoms with van der Waals surface area (Å²) in [6.07, 6.45) is 1.36. The number of aromatic nitrogens is 4. The number of carbonyl (C=O) groups is 1. The lowest BCUT2D eigenvalue weighted by molar-refractivity contribution is 0.0692. The Balaban J connectivity index is 2.42. The van der Waals surface area contributed by atoms with Crippen LogP contribution >= 0.6 is 11.8 Å². The van der Waals surface area contributed by atoms with E-state index in [0.29, 0.717) is 10.1 Å². The molecule has 0 aliphatic heterocycles. The van der Waals surface area contributed by atoms with Gasteiger partial charge >= 0.3 is 5.97 Å². The second-order valence-electron chi connectivity index (χ2n) is 3.82. The fourth-order valence-corrected chi connectivity index (χ4v) is 2.38. The van der Waals surface area contributed by atoms with Gasteiger partial charge in [0.15, 0.2) is 5.16 Å². The molecule has 0 spiro atoms. The Labute approximate surface area is 108 Å². The van der Waals surface area contributed by atoms with Crippen molar-refractivity contribution >= 4 is 17.7 Å². The fraction of sp³-hybridized carbons (Fsp3) is 0.273. The van der Waals surface area contributed by atoms with Crippen LogP contribution in [0.3, 0.4) is 0 Å². The SMILES string of the molecule is Cc1cc(Sc2nnc(C)n2C)c(C(=O)O)cn1. The van der Waals surface area contributed by atoms with E-state index in [-0.39, 0.29) is 5.56 Å². The summed E-state index contributed by atoms with van der Waals surface area (Å²) < 4.78 is 1.81. The lowest BCUT2D eigenvalue weighted by atomic mass is 10.2. The Morgan fingerprint density at radius 1 is 1.39 bits per heavy atom. The van der Waals surface area contributed by atoms with Gasteiger partial charge in [0.05, 0.1) is 5.56 Å². The highest BCUT2D eigenvalue weighted by Gasteiger charge is 2.15. The molecule has 18 heavy (non-hydrogen) atoms. The first kappa shape index (κ1) is 12.6. The molecule has 0 saturated carbocycles. The van der Waals surface area contributed by atoms with Gasteiger partial charge in [-0.2, -0.15) is 0 Å². The van der Waals surface area contributed by atoms with Crippen molar-refractivity contribution in [1.29, 1.82) is 0 Å². The molecular weight excluding hydrogens is 252 g/mol. The number of aryl methyl sites for hydroxylation is 2. The van der Waals surface area contributed by atoms with Gasteiger partial charge in [-0.3, -0.25) is 4.98 Å². The number of nitrogens with zero attached hydrogens (tertiary/aromatic N) is 4. The van der Waals surface area contributed by atoms with Crippen LogP contribution in [0.15, 0.2) is 22.3 Å². The molecule has 0 aromatic carbocycles.